The van der Waals surface area contributed by atoms with Crippen molar-refractivity contribution in [3.05, 3.63) is 42.6 Å². The Morgan fingerprint density at radius 2 is 2.15 bits per heavy atom. The Morgan fingerprint density at radius 3 is 2.94 bits per heavy atom. The first kappa shape index (κ1) is 23.0. The molecule has 0 radical (unpaired) electrons. The number of rotatable bonds is 8. The van der Waals surface area contributed by atoms with Crippen LogP contribution in [0.5, 0.6) is 5.75 Å². The molecule has 0 saturated carbocycles. The number of anilines is 1. The Balaban J connectivity index is 1.15. The standard InChI is InChI=1S/C24H30FN7OS/c1-24-7-11-32(17-5-6-18(25)20(13-17)33-3)21(24)15-31(16-24)10-4-12-34-23-29-28-22(30(23)2)19-14-26-8-9-27-19/h5-6,8-9,13-14,21H,4,7,10-12,15-16H2,1-3H3/t21-,24?/m0/s1. The lowest BCUT2D eigenvalue weighted by atomic mass is 9.85. The van der Waals surface area contributed by atoms with Crippen LogP contribution in [0.2, 0.25) is 0 Å². The molecule has 1 unspecified atom stereocenters. The smallest absolute Gasteiger partial charge is 0.191 e. The Kier molecular flexibility index (Phi) is 6.44. The van der Waals surface area contributed by atoms with Gasteiger partial charge >= 0.3 is 0 Å². The lowest BCUT2D eigenvalue weighted by Crippen LogP contribution is -2.37. The van der Waals surface area contributed by atoms with Gasteiger partial charge in [0.1, 0.15) is 5.69 Å². The van der Waals surface area contributed by atoms with Crippen LogP contribution in [-0.4, -0.2) is 74.7 Å². The molecule has 2 fully saturated rings. The molecule has 2 saturated heterocycles. The number of fused-ring (bicyclic) bond motifs is 1. The molecule has 1 aromatic carbocycles. The summed E-state index contributed by atoms with van der Waals surface area (Å²) in [5.41, 5.74) is 2.03. The van der Waals surface area contributed by atoms with Gasteiger partial charge in [-0.2, -0.15) is 0 Å². The fourth-order valence-corrected chi connectivity index (χ4v) is 6.07. The van der Waals surface area contributed by atoms with Gasteiger partial charge in [0.05, 0.1) is 13.3 Å². The summed E-state index contributed by atoms with van der Waals surface area (Å²) in [5, 5.41) is 9.51. The lowest BCUT2D eigenvalue weighted by molar-refractivity contribution is 0.276. The van der Waals surface area contributed by atoms with E-state index in [2.05, 4.69) is 36.9 Å². The molecule has 2 aromatic heterocycles. The molecule has 10 heteroatoms. The lowest BCUT2D eigenvalue weighted by Gasteiger charge is -2.30. The summed E-state index contributed by atoms with van der Waals surface area (Å²) in [4.78, 5) is 13.4. The van der Waals surface area contributed by atoms with E-state index in [1.807, 2.05) is 23.7 Å². The summed E-state index contributed by atoms with van der Waals surface area (Å²) in [7, 11) is 3.48. The fraction of sp³-hybridized carbons (Fsp3) is 0.500. The van der Waals surface area contributed by atoms with Crippen LogP contribution in [-0.2, 0) is 7.05 Å². The predicted octanol–water partition coefficient (Wildman–Crippen LogP) is 3.50. The van der Waals surface area contributed by atoms with E-state index in [9.17, 15) is 4.39 Å². The van der Waals surface area contributed by atoms with Gasteiger partial charge in [-0.05, 0) is 31.5 Å². The summed E-state index contributed by atoms with van der Waals surface area (Å²) in [5.74, 6) is 1.70. The van der Waals surface area contributed by atoms with Crippen LogP contribution < -0.4 is 9.64 Å². The van der Waals surface area contributed by atoms with Gasteiger partial charge in [0, 0.05) is 68.0 Å². The largest absolute Gasteiger partial charge is 0.494 e. The number of likely N-dealkylation sites (tertiary alicyclic amines) is 1. The molecule has 3 aromatic rings. The van der Waals surface area contributed by atoms with Gasteiger partial charge in [-0.1, -0.05) is 18.7 Å². The Bertz CT molecular complexity index is 1140. The molecule has 2 aliphatic rings. The number of halogens is 1. The van der Waals surface area contributed by atoms with Crippen LogP contribution >= 0.6 is 11.8 Å². The van der Waals surface area contributed by atoms with Gasteiger partial charge in [-0.25, -0.2) is 9.37 Å². The van der Waals surface area contributed by atoms with Crippen molar-refractivity contribution in [1.29, 1.82) is 0 Å². The second-order valence-electron chi connectivity index (χ2n) is 9.33. The number of aromatic nitrogens is 5. The zero-order valence-corrected chi connectivity index (χ0v) is 20.6. The Morgan fingerprint density at radius 1 is 1.26 bits per heavy atom. The van der Waals surface area contributed by atoms with Gasteiger partial charge in [-0.3, -0.25) is 4.98 Å². The average Bonchev–Trinajstić information content (AvgIpc) is 3.47. The molecule has 5 rings (SSSR count). The van der Waals surface area contributed by atoms with Gasteiger partial charge in [-0.15, -0.1) is 10.2 Å². The molecule has 180 valence electrons. The van der Waals surface area contributed by atoms with Crippen molar-refractivity contribution in [2.45, 2.75) is 31.0 Å². The van der Waals surface area contributed by atoms with Crippen LogP contribution in [0.25, 0.3) is 11.5 Å². The van der Waals surface area contributed by atoms with Crippen LogP contribution in [0.3, 0.4) is 0 Å². The van der Waals surface area contributed by atoms with Crippen molar-refractivity contribution in [1.82, 2.24) is 29.6 Å². The van der Waals surface area contributed by atoms with E-state index in [0.29, 0.717) is 11.8 Å². The maximum absolute atomic E-state index is 13.9. The summed E-state index contributed by atoms with van der Waals surface area (Å²) >= 11 is 1.72. The highest BCUT2D eigenvalue weighted by molar-refractivity contribution is 7.99. The van der Waals surface area contributed by atoms with Crippen molar-refractivity contribution in [2.75, 3.05) is 43.9 Å². The minimum atomic E-state index is -0.314. The van der Waals surface area contributed by atoms with Gasteiger partial charge in [0.25, 0.3) is 0 Å². The van der Waals surface area contributed by atoms with Crippen molar-refractivity contribution >= 4 is 17.4 Å². The molecule has 0 N–H and O–H groups in total. The maximum atomic E-state index is 13.9. The molecular weight excluding hydrogens is 453 g/mol. The van der Waals surface area contributed by atoms with Crippen molar-refractivity contribution in [3.63, 3.8) is 0 Å². The minimum absolute atomic E-state index is 0.254. The average molecular weight is 484 g/mol. The van der Waals surface area contributed by atoms with Crippen molar-refractivity contribution in [3.8, 4) is 17.3 Å². The number of hydrogen-bond acceptors (Lipinski definition) is 8. The number of methoxy groups -OCH3 is 1. The molecule has 0 amide bonds. The highest BCUT2D eigenvalue weighted by Gasteiger charge is 2.50. The van der Waals surface area contributed by atoms with Crippen LogP contribution in [0, 0.1) is 11.2 Å². The van der Waals surface area contributed by atoms with Crippen LogP contribution in [0.15, 0.2) is 41.9 Å². The second-order valence-corrected chi connectivity index (χ2v) is 10.4. The molecule has 0 bridgehead atoms. The monoisotopic (exact) mass is 483 g/mol. The second kappa shape index (κ2) is 9.50. The van der Waals surface area contributed by atoms with Gasteiger partial charge in [0.2, 0.25) is 0 Å². The Hall–Kier alpha value is -2.72. The molecule has 4 heterocycles. The number of nitrogens with zero attached hydrogens (tertiary/aromatic N) is 7. The summed E-state index contributed by atoms with van der Waals surface area (Å²) < 4.78 is 21.1. The topological polar surface area (TPSA) is 72.2 Å². The van der Waals surface area contributed by atoms with E-state index in [0.717, 1.165) is 67.1 Å². The molecule has 8 nitrogen and oxygen atoms in total. The van der Waals surface area contributed by atoms with Crippen LogP contribution in [0.1, 0.15) is 19.8 Å². The molecule has 0 aliphatic carbocycles. The maximum Gasteiger partial charge on any atom is 0.191 e. The SMILES string of the molecule is COc1cc(N2CCC3(C)CN(CCCSc4nnc(-c5cnccn5)n4C)C[C@H]23)ccc1F. The van der Waals surface area contributed by atoms with E-state index in [1.54, 1.807) is 30.4 Å². The van der Waals surface area contributed by atoms with E-state index in [4.69, 9.17) is 4.74 Å². The summed E-state index contributed by atoms with van der Waals surface area (Å²) in [6.07, 6.45) is 7.24. The van der Waals surface area contributed by atoms with Gasteiger partial charge in [0.15, 0.2) is 22.5 Å². The molecule has 34 heavy (non-hydrogen) atoms. The predicted molar refractivity (Wildman–Crippen MR) is 131 cm³/mol. The van der Waals surface area contributed by atoms with E-state index in [-0.39, 0.29) is 11.2 Å². The minimum Gasteiger partial charge on any atom is -0.494 e. The zero-order chi connectivity index (χ0) is 23.7. The zero-order valence-electron chi connectivity index (χ0n) is 19.8. The highest BCUT2D eigenvalue weighted by atomic mass is 32.2. The summed E-state index contributed by atoms with van der Waals surface area (Å²) in [6, 6.07) is 5.65. The van der Waals surface area contributed by atoms with E-state index >= 15 is 0 Å². The molecular formula is C24H30FN7OS. The highest BCUT2D eigenvalue weighted by Crippen LogP contribution is 2.45. The Labute approximate surface area is 203 Å². The van der Waals surface area contributed by atoms with Crippen molar-refractivity contribution < 1.29 is 9.13 Å². The van der Waals surface area contributed by atoms with Gasteiger partial charge < -0.3 is 19.1 Å². The van der Waals surface area contributed by atoms with E-state index in [1.165, 1.54) is 13.2 Å². The molecule has 0 spiro atoms. The first-order valence-corrected chi connectivity index (χ1v) is 12.6. The third-order valence-electron chi connectivity index (χ3n) is 7.06. The number of benzene rings is 1. The third kappa shape index (κ3) is 4.36. The molecule has 2 aliphatic heterocycles. The summed E-state index contributed by atoms with van der Waals surface area (Å²) in [6.45, 7) is 6.56. The number of thioether (sulfide) groups is 1. The normalized spacial score (nSPS) is 22.4. The first-order valence-electron chi connectivity index (χ1n) is 11.6. The number of ether oxygens (including phenoxy) is 1. The third-order valence-corrected chi connectivity index (χ3v) is 8.17. The van der Waals surface area contributed by atoms with E-state index < -0.39 is 0 Å². The number of hydrogen-bond donors (Lipinski definition) is 0. The van der Waals surface area contributed by atoms with Crippen LogP contribution in [0.4, 0.5) is 10.1 Å². The first-order chi connectivity index (χ1) is 16.5. The quantitative estimate of drug-likeness (QED) is 0.356. The molecule has 2 atom stereocenters. The fourth-order valence-electron chi connectivity index (χ4n) is 5.23. The van der Waals surface area contributed by atoms with Crippen molar-refractivity contribution in [2.24, 2.45) is 12.5 Å².